The van der Waals surface area contributed by atoms with Crippen LogP contribution in [0, 0.1) is 0 Å². The first-order chi connectivity index (χ1) is 9.34. The zero-order valence-electron chi connectivity index (χ0n) is 13.4. The third-order valence-electron chi connectivity index (χ3n) is 4.36. The summed E-state index contributed by atoms with van der Waals surface area (Å²) < 4.78 is 0. The van der Waals surface area contributed by atoms with Gasteiger partial charge in [-0.2, -0.15) is 5.10 Å². The lowest BCUT2D eigenvalue weighted by Gasteiger charge is -2.38. The zero-order valence-corrected chi connectivity index (χ0v) is 13.4. The van der Waals surface area contributed by atoms with Crippen molar-refractivity contribution in [1.82, 2.24) is 15.1 Å². The molecule has 0 aliphatic carbocycles. The van der Waals surface area contributed by atoms with Crippen LogP contribution < -0.4 is 0 Å². The van der Waals surface area contributed by atoms with E-state index in [9.17, 15) is 5.11 Å². The van der Waals surface area contributed by atoms with E-state index in [1.54, 1.807) is 0 Å². The Morgan fingerprint density at radius 1 is 1.35 bits per heavy atom. The van der Waals surface area contributed by atoms with Crippen LogP contribution in [0.2, 0.25) is 0 Å². The molecule has 0 unspecified atom stereocenters. The number of hydrogen-bond donors (Lipinski definition) is 2. The topological polar surface area (TPSA) is 52.1 Å². The minimum atomic E-state index is -0.422. The lowest BCUT2D eigenvalue weighted by atomic mass is 9.86. The molecule has 0 spiro atoms. The fraction of sp³-hybridized carbons (Fsp3) is 0.812. The summed E-state index contributed by atoms with van der Waals surface area (Å²) in [4.78, 5) is 2.43. The number of hydrogen-bond acceptors (Lipinski definition) is 3. The van der Waals surface area contributed by atoms with E-state index in [1.807, 2.05) is 6.20 Å². The molecular formula is C16H29N3O. The molecule has 0 atom stereocenters. The van der Waals surface area contributed by atoms with Crippen molar-refractivity contribution < 1.29 is 5.11 Å². The van der Waals surface area contributed by atoms with Crippen molar-refractivity contribution in [3.63, 3.8) is 0 Å². The van der Waals surface area contributed by atoms with Crippen LogP contribution in [0.3, 0.4) is 0 Å². The minimum absolute atomic E-state index is 0.102. The van der Waals surface area contributed by atoms with Crippen LogP contribution in [0.5, 0.6) is 0 Å². The van der Waals surface area contributed by atoms with E-state index in [0.29, 0.717) is 0 Å². The van der Waals surface area contributed by atoms with E-state index < -0.39 is 5.60 Å². The van der Waals surface area contributed by atoms with E-state index in [4.69, 9.17) is 0 Å². The van der Waals surface area contributed by atoms with Gasteiger partial charge >= 0.3 is 0 Å². The lowest BCUT2D eigenvalue weighted by Crippen LogP contribution is -2.44. The molecule has 4 nitrogen and oxygen atoms in total. The number of aromatic nitrogens is 2. The van der Waals surface area contributed by atoms with Crippen molar-refractivity contribution in [2.45, 2.75) is 70.9 Å². The van der Waals surface area contributed by atoms with E-state index in [1.165, 1.54) is 11.3 Å². The second kappa shape index (κ2) is 5.86. The molecule has 1 saturated heterocycles. The Morgan fingerprint density at radius 2 is 2.00 bits per heavy atom. The standard InChI is InChI=1S/C16H29N3O/c1-5-6-16(20)7-9-19(10-8-16)12-13-11-17-18-14(13)15(2,3)4/h11,20H,5-10,12H2,1-4H3,(H,17,18). The second-order valence-electron chi connectivity index (χ2n) is 7.27. The van der Waals surface area contributed by atoms with E-state index >= 15 is 0 Å². The van der Waals surface area contributed by atoms with Gasteiger partial charge in [0.25, 0.3) is 0 Å². The molecule has 1 aromatic rings. The van der Waals surface area contributed by atoms with Crippen molar-refractivity contribution in [2.75, 3.05) is 13.1 Å². The van der Waals surface area contributed by atoms with Gasteiger partial charge in [0, 0.05) is 36.3 Å². The van der Waals surface area contributed by atoms with Crippen molar-refractivity contribution in [3.05, 3.63) is 17.5 Å². The van der Waals surface area contributed by atoms with Gasteiger partial charge in [0.1, 0.15) is 0 Å². The van der Waals surface area contributed by atoms with Gasteiger partial charge in [0.05, 0.1) is 11.8 Å². The second-order valence-corrected chi connectivity index (χ2v) is 7.27. The number of rotatable bonds is 4. The van der Waals surface area contributed by atoms with Gasteiger partial charge in [-0.25, -0.2) is 0 Å². The predicted molar refractivity (Wildman–Crippen MR) is 81.7 cm³/mol. The van der Waals surface area contributed by atoms with Crippen LogP contribution in [-0.2, 0) is 12.0 Å². The third kappa shape index (κ3) is 3.61. The van der Waals surface area contributed by atoms with Gasteiger partial charge in [0.15, 0.2) is 0 Å². The van der Waals surface area contributed by atoms with Crippen LogP contribution in [0.15, 0.2) is 6.20 Å². The molecule has 1 aliphatic heterocycles. The maximum atomic E-state index is 10.5. The average Bonchev–Trinajstić information content (AvgIpc) is 2.81. The van der Waals surface area contributed by atoms with E-state index in [0.717, 1.165) is 45.3 Å². The molecule has 1 aromatic heterocycles. The Bertz CT molecular complexity index is 425. The van der Waals surface area contributed by atoms with Crippen molar-refractivity contribution >= 4 is 0 Å². The van der Waals surface area contributed by atoms with Crippen LogP contribution in [0.4, 0.5) is 0 Å². The number of likely N-dealkylation sites (tertiary alicyclic amines) is 1. The van der Waals surface area contributed by atoms with E-state index in [2.05, 4.69) is 42.8 Å². The number of nitrogens with zero attached hydrogens (tertiary/aromatic N) is 2. The van der Waals surface area contributed by atoms with Gasteiger partial charge in [-0.15, -0.1) is 0 Å². The smallest absolute Gasteiger partial charge is 0.0672 e. The summed E-state index contributed by atoms with van der Waals surface area (Å²) in [6, 6.07) is 0. The maximum Gasteiger partial charge on any atom is 0.0672 e. The first kappa shape index (κ1) is 15.5. The first-order valence-electron chi connectivity index (χ1n) is 7.81. The summed E-state index contributed by atoms with van der Waals surface area (Å²) in [5.74, 6) is 0. The molecular weight excluding hydrogens is 250 g/mol. The lowest BCUT2D eigenvalue weighted by molar-refractivity contribution is -0.0298. The van der Waals surface area contributed by atoms with Gasteiger partial charge in [-0.3, -0.25) is 10.00 Å². The number of H-pyrrole nitrogens is 1. The Kier molecular flexibility index (Phi) is 4.55. The van der Waals surface area contributed by atoms with Crippen LogP contribution >= 0.6 is 0 Å². The summed E-state index contributed by atoms with van der Waals surface area (Å²) >= 11 is 0. The molecule has 114 valence electrons. The summed E-state index contributed by atoms with van der Waals surface area (Å²) in [6.45, 7) is 11.7. The monoisotopic (exact) mass is 279 g/mol. The highest BCUT2D eigenvalue weighted by Gasteiger charge is 2.31. The van der Waals surface area contributed by atoms with Crippen LogP contribution in [-0.4, -0.2) is 38.9 Å². The Hall–Kier alpha value is -0.870. The molecule has 0 radical (unpaired) electrons. The number of aliphatic hydroxyl groups is 1. The van der Waals surface area contributed by atoms with Crippen molar-refractivity contribution in [1.29, 1.82) is 0 Å². The Morgan fingerprint density at radius 3 is 2.55 bits per heavy atom. The molecule has 2 N–H and O–H groups in total. The van der Waals surface area contributed by atoms with Crippen LogP contribution in [0.25, 0.3) is 0 Å². The molecule has 0 aromatic carbocycles. The Labute approximate surface area is 122 Å². The van der Waals surface area contributed by atoms with Crippen molar-refractivity contribution in [3.8, 4) is 0 Å². The Balaban J connectivity index is 1.95. The highest BCUT2D eigenvalue weighted by molar-refractivity contribution is 5.23. The maximum absolute atomic E-state index is 10.5. The molecule has 0 amide bonds. The first-order valence-corrected chi connectivity index (χ1v) is 7.81. The molecule has 20 heavy (non-hydrogen) atoms. The fourth-order valence-corrected chi connectivity index (χ4v) is 3.16. The molecule has 2 heterocycles. The molecule has 0 bridgehead atoms. The summed E-state index contributed by atoms with van der Waals surface area (Å²) in [6.07, 6.45) is 5.73. The van der Waals surface area contributed by atoms with Gasteiger partial charge in [0.2, 0.25) is 0 Å². The predicted octanol–water partition coefficient (Wildman–Crippen LogP) is 2.83. The molecule has 0 saturated carbocycles. The molecule has 2 rings (SSSR count). The quantitative estimate of drug-likeness (QED) is 0.891. The summed E-state index contributed by atoms with van der Waals surface area (Å²) in [7, 11) is 0. The molecule has 1 fully saturated rings. The van der Waals surface area contributed by atoms with Gasteiger partial charge in [-0.05, 0) is 19.3 Å². The van der Waals surface area contributed by atoms with Crippen LogP contribution in [0.1, 0.15) is 64.6 Å². The van der Waals surface area contributed by atoms with Gasteiger partial charge < -0.3 is 5.11 Å². The SMILES string of the molecule is CCCC1(O)CCN(Cc2cn[nH]c2C(C)(C)C)CC1. The molecule has 1 aliphatic rings. The van der Waals surface area contributed by atoms with E-state index in [-0.39, 0.29) is 5.41 Å². The number of aromatic amines is 1. The third-order valence-corrected chi connectivity index (χ3v) is 4.36. The van der Waals surface area contributed by atoms with Crippen molar-refractivity contribution in [2.24, 2.45) is 0 Å². The minimum Gasteiger partial charge on any atom is -0.390 e. The summed E-state index contributed by atoms with van der Waals surface area (Å²) in [5, 5.41) is 17.8. The number of piperidine rings is 1. The largest absolute Gasteiger partial charge is 0.390 e. The zero-order chi connectivity index (χ0) is 14.8. The molecule has 4 heteroatoms. The number of nitrogens with one attached hydrogen (secondary N) is 1. The van der Waals surface area contributed by atoms with Gasteiger partial charge in [-0.1, -0.05) is 34.1 Å². The average molecular weight is 279 g/mol. The summed E-state index contributed by atoms with van der Waals surface area (Å²) in [5.41, 5.74) is 2.20. The highest BCUT2D eigenvalue weighted by Crippen LogP contribution is 2.29. The fourth-order valence-electron chi connectivity index (χ4n) is 3.16. The highest BCUT2D eigenvalue weighted by atomic mass is 16.3. The normalized spacial score (nSPS) is 20.2.